The van der Waals surface area contributed by atoms with Gasteiger partial charge in [0.25, 0.3) is 0 Å². The van der Waals surface area contributed by atoms with Crippen molar-refractivity contribution in [1.29, 1.82) is 0 Å². The average Bonchev–Trinajstić information content (AvgIpc) is 3.43. The number of ether oxygens (including phenoxy) is 2. The van der Waals surface area contributed by atoms with E-state index in [1.165, 1.54) is 0 Å². The molecule has 1 aromatic carbocycles. The van der Waals surface area contributed by atoms with Crippen LogP contribution in [0.5, 0.6) is 5.75 Å². The molecule has 27 heavy (non-hydrogen) atoms. The van der Waals surface area contributed by atoms with E-state index in [1.807, 2.05) is 30.3 Å². The van der Waals surface area contributed by atoms with Crippen molar-refractivity contribution < 1.29 is 9.47 Å². The van der Waals surface area contributed by atoms with Crippen LogP contribution in [0.4, 0.5) is 0 Å². The molecule has 1 atom stereocenters. The fraction of sp³-hybridized carbons (Fsp3) is 0.368. The first kappa shape index (κ1) is 19.0. The maximum Gasteiger partial charge on any atom is 0.191 e. The van der Waals surface area contributed by atoms with Crippen molar-refractivity contribution in [2.45, 2.75) is 30.6 Å². The van der Waals surface area contributed by atoms with Crippen LogP contribution in [0, 0.1) is 0 Å². The minimum atomic E-state index is 0.248. The number of thioether (sulfide) groups is 1. The molecule has 0 N–H and O–H groups in total. The van der Waals surface area contributed by atoms with Gasteiger partial charge in [-0.1, -0.05) is 33.8 Å². The fourth-order valence-corrected chi connectivity index (χ4v) is 4.71. The summed E-state index contributed by atoms with van der Waals surface area (Å²) in [5, 5.41) is 11.9. The van der Waals surface area contributed by atoms with Crippen molar-refractivity contribution in [1.82, 2.24) is 14.8 Å². The standard InChI is InChI=1S/C19H20BrN3O2S2/c20-14-5-7-15(8-6-14)25-10-12-27-19-22-21-18(17-4-2-11-26-17)23(19)13-16-3-1-9-24-16/h2,4-8,11,16H,1,3,9-10,12-13H2. The van der Waals surface area contributed by atoms with Crippen LogP contribution in [0.3, 0.4) is 0 Å². The van der Waals surface area contributed by atoms with E-state index in [2.05, 4.69) is 42.1 Å². The summed E-state index contributed by atoms with van der Waals surface area (Å²) in [6.07, 6.45) is 2.47. The third-order valence-corrected chi connectivity index (χ3v) is 6.59. The molecule has 1 aliphatic heterocycles. The fourth-order valence-electron chi connectivity index (χ4n) is 2.96. The van der Waals surface area contributed by atoms with Gasteiger partial charge in [0, 0.05) is 16.8 Å². The Morgan fingerprint density at radius 3 is 2.89 bits per heavy atom. The second-order valence-corrected chi connectivity index (χ2v) is 9.11. The van der Waals surface area contributed by atoms with Crippen LogP contribution >= 0.6 is 39.0 Å². The maximum atomic E-state index is 5.84. The van der Waals surface area contributed by atoms with Gasteiger partial charge in [-0.3, -0.25) is 4.57 Å². The lowest BCUT2D eigenvalue weighted by Crippen LogP contribution is -2.16. The van der Waals surface area contributed by atoms with Crippen LogP contribution in [-0.4, -0.2) is 39.8 Å². The Bertz CT molecular complexity index is 846. The van der Waals surface area contributed by atoms with E-state index < -0.39 is 0 Å². The SMILES string of the molecule is Brc1ccc(OCCSc2nnc(-c3cccs3)n2CC2CCCO2)cc1. The minimum absolute atomic E-state index is 0.248. The molecule has 1 fully saturated rings. The van der Waals surface area contributed by atoms with Crippen molar-refractivity contribution in [2.75, 3.05) is 19.0 Å². The summed E-state index contributed by atoms with van der Waals surface area (Å²) in [4.78, 5) is 1.14. The summed E-state index contributed by atoms with van der Waals surface area (Å²) in [5.41, 5.74) is 0. The summed E-state index contributed by atoms with van der Waals surface area (Å²) in [6, 6.07) is 12.0. The lowest BCUT2D eigenvalue weighted by molar-refractivity contribution is 0.0953. The van der Waals surface area contributed by atoms with Crippen LogP contribution in [0.15, 0.2) is 51.4 Å². The Kier molecular flexibility index (Phi) is 6.49. The Labute approximate surface area is 175 Å². The highest BCUT2D eigenvalue weighted by atomic mass is 79.9. The van der Waals surface area contributed by atoms with E-state index in [0.717, 1.165) is 57.8 Å². The van der Waals surface area contributed by atoms with Gasteiger partial charge in [0.2, 0.25) is 0 Å². The van der Waals surface area contributed by atoms with Gasteiger partial charge in [-0.25, -0.2) is 0 Å². The van der Waals surface area contributed by atoms with Crippen LogP contribution in [0.25, 0.3) is 10.7 Å². The third-order valence-electron chi connectivity index (χ3n) is 4.27. The molecule has 142 valence electrons. The first-order valence-electron chi connectivity index (χ1n) is 8.89. The number of rotatable bonds is 8. The zero-order valence-electron chi connectivity index (χ0n) is 14.7. The van der Waals surface area contributed by atoms with Crippen molar-refractivity contribution in [3.8, 4) is 16.5 Å². The first-order valence-corrected chi connectivity index (χ1v) is 11.6. The maximum absolute atomic E-state index is 5.84. The van der Waals surface area contributed by atoms with Gasteiger partial charge < -0.3 is 9.47 Å². The lowest BCUT2D eigenvalue weighted by atomic mass is 10.2. The van der Waals surface area contributed by atoms with Crippen LogP contribution in [0.1, 0.15) is 12.8 Å². The summed E-state index contributed by atoms with van der Waals surface area (Å²) >= 11 is 6.79. The Morgan fingerprint density at radius 1 is 1.26 bits per heavy atom. The number of nitrogens with zero attached hydrogens (tertiary/aromatic N) is 3. The van der Waals surface area contributed by atoms with Gasteiger partial charge in [-0.2, -0.15) is 0 Å². The van der Waals surface area contributed by atoms with Gasteiger partial charge in [0.15, 0.2) is 11.0 Å². The minimum Gasteiger partial charge on any atom is -0.493 e. The Hall–Kier alpha value is -1.35. The van der Waals surface area contributed by atoms with E-state index in [-0.39, 0.29) is 6.10 Å². The number of thiophene rings is 1. The molecule has 0 aliphatic carbocycles. The largest absolute Gasteiger partial charge is 0.493 e. The van der Waals surface area contributed by atoms with Gasteiger partial charge in [0.05, 0.1) is 24.1 Å². The highest BCUT2D eigenvalue weighted by molar-refractivity contribution is 9.10. The van der Waals surface area contributed by atoms with Crippen molar-refractivity contribution >= 4 is 39.0 Å². The highest BCUT2D eigenvalue weighted by Gasteiger charge is 2.22. The number of halogens is 1. The molecule has 0 saturated carbocycles. The summed E-state index contributed by atoms with van der Waals surface area (Å²) < 4.78 is 14.9. The van der Waals surface area contributed by atoms with E-state index in [1.54, 1.807) is 23.1 Å². The summed E-state index contributed by atoms with van der Waals surface area (Å²) in [7, 11) is 0. The molecule has 4 rings (SSSR count). The topological polar surface area (TPSA) is 49.2 Å². The molecule has 0 bridgehead atoms. The molecule has 3 aromatic rings. The number of hydrogen-bond donors (Lipinski definition) is 0. The molecule has 0 spiro atoms. The van der Waals surface area contributed by atoms with E-state index in [9.17, 15) is 0 Å². The summed E-state index contributed by atoms with van der Waals surface area (Å²) in [5.74, 6) is 2.61. The van der Waals surface area contributed by atoms with Crippen LogP contribution in [-0.2, 0) is 11.3 Å². The molecule has 0 radical (unpaired) electrons. The second kappa shape index (κ2) is 9.23. The van der Waals surface area contributed by atoms with Gasteiger partial charge in [0.1, 0.15) is 5.75 Å². The quantitative estimate of drug-likeness (QED) is 0.341. The molecule has 3 heterocycles. The van der Waals surface area contributed by atoms with E-state index in [4.69, 9.17) is 9.47 Å². The molecular formula is C19H20BrN3O2S2. The number of benzene rings is 1. The molecule has 0 amide bonds. The number of aromatic nitrogens is 3. The van der Waals surface area contributed by atoms with Gasteiger partial charge in [-0.15, -0.1) is 21.5 Å². The van der Waals surface area contributed by atoms with Gasteiger partial charge >= 0.3 is 0 Å². The second-order valence-electron chi connectivity index (χ2n) is 6.18. The van der Waals surface area contributed by atoms with E-state index >= 15 is 0 Å². The summed E-state index contributed by atoms with van der Waals surface area (Å²) in [6.45, 7) is 2.27. The van der Waals surface area contributed by atoms with Crippen molar-refractivity contribution in [3.63, 3.8) is 0 Å². The Morgan fingerprint density at radius 2 is 2.15 bits per heavy atom. The number of hydrogen-bond acceptors (Lipinski definition) is 6. The van der Waals surface area contributed by atoms with Crippen molar-refractivity contribution in [3.05, 3.63) is 46.3 Å². The van der Waals surface area contributed by atoms with E-state index in [0.29, 0.717) is 6.61 Å². The molecule has 1 saturated heterocycles. The lowest BCUT2D eigenvalue weighted by Gasteiger charge is -2.14. The molecule has 1 aliphatic rings. The van der Waals surface area contributed by atoms with Gasteiger partial charge in [-0.05, 0) is 48.6 Å². The zero-order chi connectivity index (χ0) is 18.5. The monoisotopic (exact) mass is 465 g/mol. The predicted octanol–water partition coefficient (Wildman–Crippen LogP) is 5.12. The molecule has 8 heteroatoms. The molecule has 1 unspecified atom stereocenters. The average molecular weight is 466 g/mol. The third kappa shape index (κ3) is 4.93. The Balaban J connectivity index is 1.41. The zero-order valence-corrected chi connectivity index (χ0v) is 17.9. The smallest absolute Gasteiger partial charge is 0.191 e. The molecule has 2 aromatic heterocycles. The molecular weight excluding hydrogens is 446 g/mol. The predicted molar refractivity (Wildman–Crippen MR) is 113 cm³/mol. The van der Waals surface area contributed by atoms with Crippen molar-refractivity contribution in [2.24, 2.45) is 0 Å². The van der Waals surface area contributed by atoms with Crippen LogP contribution < -0.4 is 4.74 Å². The molecule has 5 nitrogen and oxygen atoms in total. The highest BCUT2D eigenvalue weighted by Crippen LogP contribution is 2.29. The van der Waals surface area contributed by atoms with Crippen LogP contribution in [0.2, 0.25) is 0 Å². The normalized spacial score (nSPS) is 16.7. The first-order chi connectivity index (χ1) is 13.3.